The van der Waals surface area contributed by atoms with Gasteiger partial charge in [-0.15, -0.1) is 0 Å². The Morgan fingerprint density at radius 2 is 0.556 bits per heavy atom. The van der Waals surface area contributed by atoms with E-state index in [1.165, 1.54) is 21.9 Å². The van der Waals surface area contributed by atoms with Gasteiger partial charge in [0.25, 0.3) is 0 Å². The molecule has 0 atom stereocenters. The van der Waals surface area contributed by atoms with E-state index in [1.807, 2.05) is 0 Å². The predicted octanol–water partition coefficient (Wildman–Crippen LogP) is 1.92. The van der Waals surface area contributed by atoms with Gasteiger partial charge in [0, 0.05) is 0 Å². The van der Waals surface area contributed by atoms with E-state index >= 15 is 0 Å². The molecule has 1 nitrogen and oxygen atoms in total. The molecule has 0 saturated heterocycles. The first kappa shape index (κ1) is 18.7. The molecule has 4 rings (SSSR count). The van der Waals surface area contributed by atoms with Gasteiger partial charge < -0.3 is 5.73 Å². The maximum atomic E-state index is 3.25. The minimum atomic E-state index is -1.22. The van der Waals surface area contributed by atoms with Crippen molar-refractivity contribution in [3.63, 3.8) is 0 Å². The summed E-state index contributed by atoms with van der Waals surface area (Å²) in [6.07, 6.45) is -1.22. The molecule has 0 bridgehead atoms. The summed E-state index contributed by atoms with van der Waals surface area (Å²) in [5.41, 5.74) is 8.61. The molecule has 0 aromatic heterocycles. The molecule has 0 unspecified atom stereocenters. The van der Waals surface area contributed by atoms with Crippen LogP contribution in [0, 0.1) is 0 Å². The third-order valence-corrected chi connectivity index (χ3v) is 5.20. The lowest BCUT2D eigenvalue weighted by Crippen LogP contribution is -2.74. The standard InChI is InChI=1S/C24H20B.CH5N/c1-5-13-21(14-6-1)25(22-15-7-2-8-16-22,23-17-9-3-10-18-23)24-19-11-4-12-20-24;1-2/h1-20H;2H2,1H3/q-1;/p+1. The number of hydrogen-bond acceptors (Lipinski definition) is 0. The largest absolute Gasteiger partial charge is 0.360 e. The number of hydrogen-bond donors (Lipinski definition) is 1. The highest BCUT2D eigenvalue weighted by molar-refractivity contribution is 7.19. The highest BCUT2D eigenvalue weighted by Gasteiger charge is 2.30. The molecule has 4 aromatic rings. The van der Waals surface area contributed by atoms with Crippen molar-refractivity contribution in [2.45, 2.75) is 0 Å². The molecule has 0 aliphatic heterocycles. The second kappa shape index (κ2) is 9.02. The normalized spacial score (nSPS) is 10.6. The van der Waals surface area contributed by atoms with Crippen LogP contribution < -0.4 is 27.6 Å². The van der Waals surface area contributed by atoms with Gasteiger partial charge in [0.15, 0.2) is 0 Å². The van der Waals surface area contributed by atoms with Gasteiger partial charge in [-0.3, -0.25) is 0 Å². The molecule has 0 saturated carbocycles. The van der Waals surface area contributed by atoms with E-state index in [9.17, 15) is 0 Å². The molecular formula is C25H26BN. The molecule has 4 aromatic carbocycles. The van der Waals surface area contributed by atoms with Crippen LogP contribution in [0.2, 0.25) is 0 Å². The Morgan fingerprint density at radius 3 is 0.741 bits per heavy atom. The van der Waals surface area contributed by atoms with Crippen molar-refractivity contribution < 1.29 is 5.73 Å². The Balaban J connectivity index is 0.00000102. The lowest BCUT2D eigenvalue weighted by atomic mass is 9.13. The van der Waals surface area contributed by atoms with Crippen LogP contribution in [-0.2, 0) is 0 Å². The van der Waals surface area contributed by atoms with Gasteiger partial charge in [-0.2, -0.15) is 21.9 Å². The van der Waals surface area contributed by atoms with Crippen LogP contribution in [0.15, 0.2) is 121 Å². The minimum Gasteiger partial charge on any atom is -0.360 e. The third-order valence-electron chi connectivity index (χ3n) is 5.20. The second-order valence-corrected chi connectivity index (χ2v) is 6.51. The Bertz CT molecular complexity index is 759. The van der Waals surface area contributed by atoms with Gasteiger partial charge in [0.2, 0.25) is 0 Å². The highest BCUT2D eigenvalue weighted by Crippen LogP contribution is 2.09. The molecule has 134 valence electrons. The number of benzene rings is 4. The van der Waals surface area contributed by atoms with Crippen LogP contribution in [0.25, 0.3) is 0 Å². The summed E-state index contributed by atoms with van der Waals surface area (Å²) in [5.74, 6) is 0. The monoisotopic (exact) mass is 351 g/mol. The summed E-state index contributed by atoms with van der Waals surface area (Å²) in [4.78, 5) is 0. The Kier molecular flexibility index (Phi) is 6.24. The Morgan fingerprint density at radius 1 is 0.370 bits per heavy atom. The van der Waals surface area contributed by atoms with Gasteiger partial charge in [-0.25, -0.2) is 0 Å². The fourth-order valence-electron chi connectivity index (χ4n) is 4.12. The highest BCUT2D eigenvalue weighted by atomic mass is 14.4. The molecule has 0 aliphatic rings. The topological polar surface area (TPSA) is 27.6 Å². The Hall–Kier alpha value is -3.10. The SMILES string of the molecule is C[NH3+].c1ccc([B-](c2ccccc2)(c2ccccc2)c2ccccc2)cc1. The number of quaternary nitrogens is 1. The lowest BCUT2D eigenvalue weighted by molar-refractivity contribution is -0.325. The summed E-state index contributed by atoms with van der Waals surface area (Å²) in [6, 6.07) is 43.5. The molecule has 0 heterocycles. The van der Waals surface area contributed by atoms with E-state index in [0.29, 0.717) is 0 Å². The van der Waals surface area contributed by atoms with Crippen LogP contribution in [0.4, 0.5) is 0 Å². The van der Waals surface area contributed by atoms with Crippen LogP contribution in [0.3, 0.4) is 0 Å². The quantitative estimate of drug-likeness (QED) is 0.544. The Labute approximate surface area is 162 Å². The van der Waals surface area contributed by atoms with Crippen LogP contribution in [0.5, 0.6) is 0 Å². The fourth-order valence-corrected chi connectivity index (χ4v) is 4.12. The summed E-state index contributed by atoms with van der Waals surface area (Å²) in [7, 11) is 1.75. The molecule has 0 radical (unpaired) electrons. The molecule has 27 heavy (non-hydrogen) atoms. The molecule has 0 fully saturated rings. The average Bonchev–Trinajstić information content (AvgIpc) is 2.79. The zero-order valence-corrected chi connectivity index (χ0v) is 15.8. The van der Waals surface area contributed by atoms with Crippen molar-refractivity contribution in [1.82, 2.24) is 0 Å². The van der Waals surface area contributed by atoms with E-state index in [2.05, 4.69) is 127 Å². The second-order valence-electron chi connectivity index (χ2n) is 6.51. The van der Waals surface area contributed by atoms with Gasteiger partial charge in [0.05, 0.1) is 7.05 Å². The van der Waals surface area contributed by atoms with E-state index in [4.69, 9.17) is 0 Å². The van der Waals surface area contributed by atoms with Crippen molar-refractivity contribution in [2.24, 2.45) is 0 Å². The van der Waals surface area contributed by atoms with Gasteiger partial charge in [-0.05, 0) is 0 Å². The lowest BCUT2D eigenvalue weighted by Gasteiger charge is -2.44. The van der Waals surface area contributed by atoms with Crippen LogP contribution in [-0.4, -0.2) is 13.2 Å². The first-order valence-corrected chi connectivity index (χ1v) is 9.50. The van der Waals surface area contributed by atoms with Crippen molar-refractivity contribution in [2.75, 3.05) is 7.05 Å². The van der Waals surface area contributed by atoms with Gasteiger partial charge >= 0.3 is 0 Å². The van der Waals surface area contributed by atoms with Crippen LogP contribution >= 0.6 is 0 Å². The molecule has 3 N–H and O–H groups in total. The molecule has 2 heteroatoms. The maximum absolute atomic E-state index is 3.25. The average molecular weight is 351 g/mol. The molecule has 0 aliphatic carbocycles. The van der Waals surface area contributed by atoms with Crippen molar-refractivity contribution in [1.29, 1.82) is 0 Å². The fraction of sp³-hybridized carbons (Fsp3) is 0.0400. The van der Waals surface area contributed by atoms with Crippen molar-refractivity contribution in [3.05, 3.63) is 121 Å². The van der Waals surface area contributed by atoms with Gasteiger partial charge in [0.1, 0.15) is 6.15 Å². The summed E-state index contributed by atoms with van der Waals surface area (Å²) < 4.78 is 0. The third kappa shape index (κ3) is 3.58. The molecular weight excluding hydrogens is 325 g/mol. The predicted molar refractivity (Wildman–Crippen MR) is 119 cm³/mol. The summed E-state index contributed by atoms with van der Waals surface area (Å²) >= 11 is 0. The van der Waals surface area contributed by atoms with E-state index in [1.54, 1.807) is 7.05 Å². The summed E-state index contributed by atoms with van der Waals surface area (Å²) in [6.45, 7) is 0. The van der Waals surface area contributed by atoms with Crippen molar-refractivity contribution >= 4 is 28.0 Å². The van der Waals surface area contributed by atoms with Gasteiger partial charge in [-0.1, -0.05) is 121 Å². The molecule has 0 spiro atoms. The van der Waals surface area contributed by atoms with E-state index in [0.717, 1.165) is 0 Å². The zero-order chi connectivity index (χ0) is 19.0. The van der Waals surface area contributed by atoms with Crippen LogP contribution in [0.1, 0.15) is 0 Å². The summed E-state index contributed by atoms with van der Waals surface area (Å²) in [5, 5.41) is 0. The first-order valence-electron chi connectivity index (χ1n) is 9.50. The molecule has 0 amide bonds. The zero-order valence-electron chi connectivity index (χ0n) is 15.8. The first-order chi connectivity index (χ1) is 13.4. The maximum Gasteiger partial charge on any atom is 0.108 e. The number of rotatable bonds is 4. The van der Waals surface area contributed by atoms with Crippen molar-refractivity contribution in [3.8, 4) is 0 Å². The minimum absolute atomic E-state index is 1.22. The van der Waals surface area contributed by atoms with E-state index < -0.39 is 6.15 Å². The van der Waals surface area contributed by atoms with E-state index in [-0.39, 0.29) is 0 Å². The smallest absolute Gasteiger partial charge is 0.108 e.